The summed E-state index contributed by atoms with van der Waals surface area (Å²) in [4.78, 5) is 32.8. The molecule has 4 aromatic rings. The van der Waals surface area contributed by atoms with E-state index in [0.29, 0.717) is 16.5 Å². The zero-order valence-electron chi connectivity index (χ0n) is 20.3. The number of nitrogens with one attached hydrogen (secondary N) is 1. The van der Waals surface area contributed by atoms with E-state index in [9.17, 15) is 23.5 Å². The number of aliphatic hydroxyl groups excluding tert-OH is 1. The summed E-state index contributed by atoms with van der Waals surface area (Å²) in [6, 6.07) is 15.9. The number of rotatable bonds is 6. The molecule has 37 heavy (non-hydrogen) atoms. The minimum Gasteiger partial charge on any atom is -0.507 e. The molecule has 1 fully saturated rings. The molecule has 2 heterocycles. The van der Waals surface area contributed by atoms with Crippen molar-refractivity contribution in [2.75, 3.05) is 22.9 Å². The Balaban J connectivity index is 1.73. The Hall–Kier alpha value is -4.46. The van der Waals surface area contributed by atoms with Crippen molar-refractivity contribution >= 4 is 39.7 Å². The van der Waals surface area contributed by atoms with Crippen LogP contribution in [0, 0.1) is 11.6 Å². The van der Waals surface area contributed by atoms with Gasteiger partial charge in [0.1, 0.15) is 17.4 Å². The molecule has 5 rings (SSSR count). The van der Waals surface area contributed by atoms with Crippen LogP contribution in [0.4, 0.5) is 20.2 Å². The van der Waals surface area contributed by atoms with Crippen molar-refractivity contribution in [2.45, 2.75) is 19.9 Å². The van der Waals surface area contributed by atoms with Crippen LogP contribution < -0.4 is 9.80 Å². The number of carbonyl (C=O) groups is 2. The third kappa shape index (κ3) is 4.04. The molecule has 188 valence electrons. The number of aromatic nitrogens is 1. The zero-order valence-corrected chi connectivity index (χ0v) is 20.3. The number of H-pyrrole nitrogens is 1. The molecule has 1 atom stereocenters. The van der Waals surface area contributed by atoms with Crippen LogP contribution in [-0.4, -0.2) is 34.9 Å². The van der Waals surface area contributed by atoms with Gasteiger partial charge in [0.15, 0.2) is 0 Å². The van der Waals surface area contributed by atoms with E-state index in [1.807, 2.05) is 38.1 Å². The maximum Gasteiger partial charge on any atom is 0.300 e. The molecule has 6 nitrogen and oxygen atoms in total. The summed E-state index contributed by atoms with van der Waals surface area (Å²) in [6.45, 7) is 5.62. The molecule has 3 aromatic carbocycles. The molecular formula is C29H25F2N3O3. The number of benzene rings is 3. The summed E-state index contributed by atoms with van der Waals surface area (Å²) in [7, 11) is 0. The van der Waals surface area contributed by atoms with E-state index < -0.39 is 35.1 Å². The third-order valence-corrected chi connectivity index (χ3v) is 6.79. The molecule has 1 aromatic heterocycles. The van der Waals surface area contributed by atoms with E-state index in [1.165, 1.54) is 0 Å². The van der Waals surface area contributed by atoms with Gasteiger partial charge in [0.05, 0.1) is 17.3 Å². The molecule has 0 saturated carbocycles. The number of aromatic amines is 1. The van der Waals surface area contributed by atoms with Gasteiger partial charge in [-0.25, -0.2) is 8.78 Å². The predicted molar refractivity (Wildman–Crippen MR) is 139 cm³/mol. The molecular weight excluding hydrogens is 476 g/mol. The van der Waals surface area contributed by atoms with Gasteiger partial charge in [-0.15, -0.1) is 0 Å². The fourth-order valence-corrected chi connectivity index (χ4v) is 4.94. The molecule has 0 bridgehead atoms. The molecule has 0 radical (unpaired) electrons. The fourth-order valence-electron chi connectivity index (χ4n) is 4.94. The van der Waals surface area contributed by atoms with Crippen molar-refractivity contribution < 1.29 is 23.5 Å². The van der Waals surface area contributed by atoms with Gasteiger partial charge in [0.2, 0.25) is 0 Å². The van der Waals surface area contributed by atoms with Crippen LogP contribution in [0.2, 0.25) is 0 Å². The minimum atomic E-state index is -1.17. The number of anilines is 2. The summed E-state index contributed by atoms with van der Waals surface area (Å²) >= 11 is 0. The lowest BCUT2D eigenvalue weighted by Crippen LogP contribution is -2.30. The number of nitrogens with zero attached hydrogens (tertiary/aromatic N) is 2. The average molecular weight is 502 g/mol. The predicted octanol–water partition coefficient (Wildman–Crippen LogP) is 5.92. The van der Waals surface area contributed by atoms with Crippen LogP contribution in [0.1, 0.15) is 31.0 Å². The second-order valence-electron chi connectivity index (χ2n) is 8.78. The second kappa shape index (κ2) is 9.54. The molecule has 1 saturated heterocycles. The van der Waals surface area contributed by atoms with Crippen molar-refractivity contribution in [3.8, 4) is 0 Å². The number of carbonyl (C=O) groups excluding carboxylic acids is 2. The Morgan fingerprint density at radius 2 is 1.70 bits per heavy atom. The first-order valence-electron chi connectivity index (χ1n) is 12.0. The Morgan fingerprint density at radius 1 is 1.00 bits per heavy atom. The smallest absolute Gasteiger partial charge is 0.300 e. The van der Waals surface area contributed by atoms with E-state index in [-0.39, 0.29) is 11.3 Å². The van der Waals surface area contributed by atoms with Gasteiger partial charge in [-0.3, -0.25) is 14.5 Å². The molecule has 1 aliphatic heterocycles. The van der Waals surface area contributed by atoms with Gasteiger partial charge in [-0.1, -0.05) is 30.3 Å². The summed E-state index contributed by atoms with van der Waals surface area (Å²) in [5, 5.41) is 12.1. The lowest BCUT2D eigenvalue weighted by Gasteiger charge is -2.27. The standard InChI is InChI=1S/C29H25F2N3O3/c1-3-33(4-2)19-12-9-17(10-13-19)26-25(27(35)21-16-32-23-8-6-5-7-20(21)23)28(36)29(37)34(26)24-15-18(30)11-14-22(24)31/h5-16,26,32,35H,3-4H2,1-2H3/b27-25-. The minimum absolute atomic E-state index is 0.200. The van der Waals surface area contributed by atoms with Crippen LogP contribution in [-0.2, 0) is 9.59 Å². The van der Waals surface area contributed by atoms with Gasteiger partial charge in [0.25, 0.3) is 11.7 Å². The van der Waals surface area contributed by atoms with Crippen LogP contribution >= 0.6 is 0 Å². The zero-order chi connectivity index (χ0) is 26.3. The van der Waals surface area contributed by atoms with Crippen LogP contribution in [0.5, 0.6) is 0 Å². The SMILES string of the molecule is CCN(CC)c1ccc(C2/C(=C(/O)c3c[nH]c4ccccc34)C(=O)C(=O)N2c2cc(F)ccc2F)cc1. The number of para-hydroxylation sites is 1. The summed E-state index contributed by atoms with van der Waals surface area (Å²) in [5.74, 6) is -4.05. The Bertz CT molecular complexity index is 1540. The number of fused-ring (bicyclic) bond motifs is 1. The van der Waals surface area contributed by atoms with E-state index in [0.717, 1.165) is 47.4 Å². The molecule has 1 unspecified atom stereocenters. The van der Waals surface area contributed by atoms with Crippen molar-refractivity contribution in [1.82, 2.24) is 4.98 Å². The maximum absolute atomic E-state index is 14.9. The van der Waals surface area contributed by atoms with E-state index >= 15 is 0 Å². The van der Waals surface area contributed by atoms with Crippen molar-refractivity contribution in [3.05, 3.63) is 101 Å². The van der Waals surface area contributed by atoms with Gasteiger partial charge in [-0.05, 0) is 49.7 Å². The van der Waals surface area contributed by atoms with Crippen LogP contribution in [0.15, 0.2) is 78.5 Å². The number of hydrogen-bond acceptors (Lipinski definition) is 4. The highest BCUT2D eigenvalue weighted by Gasteiger charge is 2.48. The monoisotopic (exact) mass is 501 g/mol. The first-order valence-corrected chi connectivity index (χ1v) is 12.0. The molecule has 1 aliphatic rings. The van der Waals surface area contributed by atoms with Crippen LogP contribution in [0.3, 0.4) is 0 Å². The van der Waals surface area contributed by atoms with E-state index in [4.69, 9.17) is 0 Å². The lowest BCUT2D eigenvalue weighted by molar-refractivity contribution is -0.132. The summed E-state index contributed by atoms with van der Waals surface area (Å²) < 4.78 is 29.1. The first kappa shape index (κ1) is 24.2. The largest absolute Gasteiger partial charge is 0.507 e. The number of aliphatic hydroxyl groups is 1. The highest BCUT2D eigenvalue weighted by atomic mass is 19.1. The molecule has 1 amide bonds. The number of halogens is 2. The Morgan fingerprint density at radius 3 is 2.41 bits per heavy atom. The number of hydrogen-bond donors (Lipinski definition) is 2. The average Bonchev–Trinajstić information content (AvgIpc) is 3.45. The number of amides is 1. The fraction of sp³-hybridized carbons (Fsp3) is 0.172. The molecule has 0 spiro atoms. The topological polar surface area (TPSA) is 76.6 Å². The van der Waals surface area contributed by atoms with Gasteiger partial charge in [-0.2, -0.15) is 0 Å². The highest BCUT2D eigenvalue weighted by molar-refractivity contribution is 6.51. The van der Waals surface area contributed by atoms with Crippen molar-refractivity contribution in [1.29, 1.82) is 0 Å². The highest BCUT2D eigenvalue weighted by Crippen LogP contribution is 2.44. The number of Topliss-reactive ketones (excluding diaryl/α,β-unsaturated/α-hetero) is 1. The van der Waals surface area contributed by atoms with Gasteiger partial charge < -0.3 is 15.0 Å². The second-order valence-corrected chi connectivity index (χ2v) is 8.78. The Labute approximate surface area is 212 Å². The summed E-state index contributed by atoms with van der Waals surface area (Å²) in [6.07, 6.45) is 1.55. The van der Waals surface area contributed by atoms with Crippen LogP contribution in [0.25, 0.3) is 16.7 Å². The first-order chi connectivity index (χ1) is 17.8. The maximum atomic E-state index is 14.9. The van der Waals surface area contributed by atoms with E-state index in [2.05, 4.69) is 9.88 Å². The quantitative estimate of drug-likeness (QED) is 0.195. The van der Waals surface area contributed by atoms with E-state index in [1.54, 1.807) is 30.5 Å². The normalized spacial score (nSPS) is 17.1. The molecule has 8 heteroatoms. The lowest BCUT2D eigenvalue weighted by atomic mass is 9.94. The van der Waals surface area contributed by atoms with Gasteiger partial charge in [0, 0.05) is 47.5 Å². The molecule has 2 N–H and O–H groups in total. The molecule has 0 aliphatic carbocycles. The van der Waals surface area contributed by atoms with Gasteiger partial charge >= 0.3 is 0 Å². The van der Waals surface area contributed by atoms with Crippen molar-refractivity contribution in [3.63, 3.8) is 0 Å². The summed E-state index contributed by atoms with van der Waals surface area (Å²) in [5.41, 5.74) is 1.89. The number of ketones is 1. The Kier molecular flexibility index (Phi) is 6.25. The van der Waals surface area contributed by atoms with Crippen molar-refractivity contribution in [2.24, 2.45) is 0 Å². The third-order valence-electron chi connectivity index (χ3n) is 6.79.